The number of rotatable bonds is 9. The van der Waals surface area contributed by atoms with Gasteiger partial charge in [0.15, 0.2) is 16.7 Å². The highest BCUT2D eigenvalue weighted by atomic mass is 32.2. The van der Waals surface area contributed by atoms with E-state index >= 15 is 0 Å². The SMILES string of the molecule is NC(=O)CCc1nnc(SCC(=O)NC(=O)Nc2ccc3c(c2)OCO3)n1CC1CCCO1. The first kappa shape index (κ1) is 22.9. The van der Waals surface area contributed by atoms with E-state index in [-0.39, 0.29) is 25.1 Å². The van der Waals surface area contributed by atoms with Gasteiger partial charge in [-0.1, -0.05) is 11.8 Å². The third kappa shape index (κ3) is 6.14. The average Bonchev–Trinajstić information content (AvgIpc) is 3.52. The molecule has 4 amide bonds. The Balaban J connectivity index is 1.32. The topological polar surface area (TPSA) is 160 Å². The zero-order valence-corrected chi connectivity index (χ0v) is 18.6. The van der Waals surface area contributed by atoms with Crippen LogP contribution in [0.1, 0.15) is 25.1 Å². The number of hydrogen-bond donors (Lipinski definition) is 3. The molecule has 0 aliphatic carbocycles. The summed E-state index contributed by atoms with van der Waals surface area (Å²) >= 11 is 1.15. The number of nitrogens with zero attached hydrogens (tertiary/aromatic N) is 3. The zero-order chi connectivity index (χ0) is 23.2. The maximum atomic E-state index is 12.3. The number of aromatic nitrogens is 3. The molecule has 1 aromatic carbocycles. The number of thioether (sulfide) groups is 1. The van der Waals surface area contributed by atoms with Crippen LogP contribution in [0.25, 0.3) is 0 Å². The van der Waals surface area contributed by atoms with Crippen LogP contribution in [0.2, 0.25) is 0 Å². The number of fused-ring (bicyclic) bond motifs is 1. The first-order chi connectivity index (χ1) is 16.0. The van der Waals surface area contributed by atoms with Crippen molar-refractivity contribution in [2.75, 3.05) is 24.5 Å². The predicted octanol–water partition coefficient (Wildman–Crippen LogP) is 1.04. The number of amides is 4. The van der Waals surface area contributed by atoms with Crippen LogP contribution < -0.4 is 25.8 Å². The van der Waals surface area contributed by atoms with Crippen LogP contribution in [0.5, 0.6) is 11.5 Å². The molecule has 0 bridgehead atoms. The molecule has 12 nitrogen and oxygen atoms in total. The second-order valence-corrected chi connectivity index (χ2v) is 8.41. The van der Waals surface area contributed by atoms with Gasteiger partial charge in [-0.2, -0.15) is 0 Å². The van der Waals surface area contributed by atoms with E-state index in [2.05, 4.69) is 20.8 Å². The number of anilines is 1. The van der Waals surface area contributed by atoms with Crippen molar-refractivity contribution >= 4 is 35.3 Å². The van der Waals surface area contributed by atoms with Gasteiger partial charge in [0, 0.05) is 31.2 Å². The largest absolute Gasteiger partial charge is 0.454 e. The van der Waals surface area contributed by atoms with Crippen molar-refractivity contribution in [3.8, 4) is 11.5 Å². The summed E-state index contributed by atoms with van der Waals surface area (Å²) in [4.78, 5) is 35.6. The van der Waals surface area contributed by atoms with E-state index in [9.17, 15) is 14.4 Å². The minimum Gasteiger partial charge on any atom is -0.454 e. The van der Waals surface area contributed by atoms with E-state index in [0.29, 0.717) is 47.7 Å². The first-order valence-electron chi connectivity index (χ1n) is 10.4. The van der Waals surface area contributed by atoms with E-state index in [1.54, 1.807) is 18.2 Å². The highest BCUT2D eigenvalue weighted by molar-refractivity contribution is 7.99. The molecule has 13 heteroatoms. The molecule has 0 radical (unpaired) electrons. The number of urea groups is 1. The maximum Gasteiger partial charge on any atom is 0.325 e. The Kier molecular flexibility index (Phi) is 7.29. The van der Waals surface area contributed by atoms with Crippen molar-refractivity contribution in [2.24, 2.45) is 5.73 Å². The Bertz CT molecular complexity index is 1040. The normalized spacial score (nSPS) is 16.5. The van der Waals surface area contributed by atoms with Gasteiger partial charge in [-0.05, 0) is 25.0 Å². The number of carbonyl (C=O) groups excluding carboxylic acids is 3. The lowest BCUT2D eigenvalue weighted by molar-refractivity contribution is -0.118. The van der Waals surface area contributed by atoms with E-state index in [1.807, 2.05) is 4.57 Å². The van der Waals surface area contributed by atoms with Crippen molar-refractivity contribution < 1.29 is 28.6 Å². The smallest absolute Gasteiger partial charge is 0.325 e. The van der Waals surface area contributed by atoms with Crippen LogP contribution in [0.3, 0.4) is 0 Å². The third-order valence-corrected chi connectivity index (χ3v) is 5.98. The van der Waals surface area contributed by atoms with Crippen LogP contribution in [-0.4, -0.2) is 57.9 Å². The monoisotopic (exact) mass is 476 g/mol. The molecule has 2 aliphatic heterocycles. The number of benzene rings is 1. The molecule has 3 heterocycles. The summed E-state index contributed by atoms with van der Waals surface area (Å²) in [7, 11) is 0. The summed E-state index contributed by atoms with van der Waals surface area (Å²) < 4.78 is 18.0. The van der Waals surface area contributed by atoms with Gasteiger partial charge in [0.1, 0.15) is 5.82 Å². The second kappa shape index (κ2) is 10.5. The molecule has 1 unspecified atom stereocenters. The summed E-state index contributed by atoms with van der Waals surface area (Å²) in [5.74, 6) is 0.747. The number of carbonyl (C=O) groups is 3. The van der Waals surface area contributed by atoms with Crippen LogP contribution in [0, 0.1) is 0 Å². The number of aryl methyl sites for hydroxylation is 1. The van der Waals surface area contributed by atoms with E-state index in [1.165, 1.54) is 0 Å². The average molecular weight is 477 g/mol. The van der Waals surface area contributed by atoms with Crippen LogP contribution >= 0.6 is 11.8 Å². The van der Waals surface area contributed by atoms with E-state index < -0.39 is 17.8 Å². The fraction of sp³-hybridized carbons (Fsp3) is 0.450. The lowest BCUT2D eigenvalue weighted by atomic mass is 10.2. The molecule has 0 saturated carbocycles. The zero-order valence-electron chi connectivity index (χ0n) is 17.7. The van der Waals surface area contributed by atoms with Crippen molar-refractivity contribution in [2.45, 2.75) is 43.5 Å². The molecule has 33 heavy (non-hydrogen) atoms. The number of ether oxygens (including phenoxy) is 3. The van der Waals surface area contributed by atoms with E-state index in [4.69, 9.17) is 19.9 Å². The number of primary amides is 1. The van der Waals surface area contributed by atoms with Crippen molar-refractivity contribution in [3.63, 3.8) is 0 Å². The standard InChI is InChI=1S/C20H24N6O6S/c21-16(27)5-6-17-24-25-20(26(17)9-13-2-1-7-30-13)33-10-18(28)23-19(29)22-12-3-4-14-15(8-12)32-11-31-14/h3-4,8,13H,1-2,5-7,9-11H2,(H2,21,27)(H2,22,23,28,29). The Labute approximate surface area is 193 Å². The summed E-state index contributed by atoms with van der Waals surface area (Å²) in [6, 6.07) is 4.27. The van der Waals surface area contributed by atoms with Gasteiger partial charge in [-0.3, -0.25) is 14.9 Å². The lowest BCUT2D eigenvalue weighted by Crippen LogP contribution is -2.35. The summed E-state index contributed by atoms with van der Waals surface area (Å²) in [5, 5.41) is 13.7. The fourth-order valence-corrected chi connectivity index (χ4v) is 4.22. The van der Waals surface area contributed by atoms with Crippen LogP contribution in [0.4, 0.5) is 10.5 Å². The lowest BCUT2D eigenvalue weighted by Gasteiger charge is -2.14. The molecule has 4 rings (SSSR count). The second-order valence-electron chi connectivity index (χ2n) is 7.47. The van der Waals surface area contributed by atoms with Crippen LogP contribution in [-0.2, 0) is 27.3 Å². The number of imide groups is 1. The van der Waals surface area contributed by atoms with Gasteiger partial charge in [0.2, 0.25) is 18.6 Å². The molecule has 176 valence electrons. The van der Waals surface area contributed by atoms with Gasteiger partial charge in [0.05, 0.1) is 18.4 Å². The van der Waals surface area contributed by atoms with Gasteiger partial charge < -0.3 is 29.8 Å². The molecular weight excluding hydrogens is 452 g/mol. The van der Waals surface area contributed by atoms with Gasteiger partial charge >= 0.3 is 6.03 Å². The predicted molar refractivity (Wildman–Crippen MR) is 117 cm³/mol. The van der Waals surface area contributed by atoms with Crippen LogP contribution in [0.15, 0.2) is 23.4 Å². The Morgan fingerprint density at radius 1 is 1.21 bits per heavy atom. The Hall–Kier alpha value is -3.32. The number of nitrogens with one attached hydrogen (secondary N) is 2. The van der Waals surface area contributed by atoms with Gasteiger partial charge in [-0.15, -0.1) is 10.2 Å². The molecule has 2 aromatic rings. The maximum absolute atomic E-state index is 12.3. The Morgan fingerprint density at radius 3 is 2.85 bits per heavy atom. The van der Waals surface area contributed by atoms with Gasteiger partial charge in [-0.25, -0.2) is 4.79 Å². The molecule has 1 atom stereocenters. The summed E-state index contributed by atoms with van der Waals surface area (Å²) in [5.41, 5.74) is 5.72. The number of nitrogens with two attached hydrogens (primary N) is 1. The summed E-state index contributed by atoms with van der Waals surface area (Å²) in [6.07, 6.45) is 2.41. The molecule has 1 fully saturated rings. The number of hydrogen-bond acceptors (Lipinski definition) is 9. The highest BCUT2D eigenvalue weighted by Crippen LogP contribution is 2.34. The Morgan fingerprint density at radius 2 is 2.06 bits per heavy atom. The van der Waals surface area contributed by atoms with Crippen molar-refractivity contribution in [3.05, 3.63) is 24.0 Å². The third-order valence-electron chi connectivity index (χ3n) is 5.01. The minimum atomic E-state index is -0.664. The first-order valence-corrected chi connectivity index (χ1v) is 11.4. The molecule has 2 aliphatic rings. The molecule has 1 saturated heterocycles. The highest BCUT2D eigenvalue weighted by Gasteiger charge is 2.22. The quantitative estimate of drug-likeness (QED) is 0.449. The fourth-order valence-electron chi connectivity index (χ4n) is 3.45. The van der Waals surface area contributed by atoms with E-state index in [0.717, 1.165) is 24.6 Å². The summed E-state index contributed by atoms with van der Waals surface area (Å²) in [6.45, 7) is 1.35. The molecule has 1 aromatic heterocycles. The van der Waals surface area contributed by atoms with Crippen molar-refractivity contribution in [1.29, 1.82) is 0 Å². The molecule has 0 spiro atoms. The van der Waals surface area contributed by atoms with Crippen molar-refractivity contribution in [1.82, 2.24) is 20.1 Å². The molecular formula is C20H24N6O6S. The van der Waals surface area contributed by atoms with Gasteiger partial charge in [0.25, 0.3) is 0 Å². The molecule has 4 N–H and O–H groups in total. The minimum absolute atomic E-state index is 0.0222.